The fraction of sp³-hybridized carbons (Fsp3) is 0.722. The summed E-state index contributed by atoms with van der Waals surface area (Å²) >= 11 is 7.06. The largest absolute Gasteiger partial charge is 0.350 e. The molecule has 0 bridgehead atoms. The first kappa shape index (κ1) is 21.0. The van der Waals surface area contributed by atoms with E-state index in [0.29, 0.717) is 28.2 Å². The molecule has 1 aromatic rings. The van der Waals surface area contributed by atoms with Crippen LogP contribution in [0.25, 0.3) is 0 Å². The molecule has 3 heterocycles. The van der Waals surface area contributed by atoms with Gasteiger partial charge in [0.1, 0.15) is 0 Å². The van der Waals surface area contributed by atoms with Gasteiger partial charge in [0.15, 0.2) is 0 Å². The highest BCUT2D eigenvalue weighted by Crippen LogP contribution is 2.28. The van der Waals surface area contributed by atoms with E-state index < -0.39 is 15.3 Å². The van der Waals surface area contributed by atoms with E-state index in [2.05, 4.69) is 24.1 Å². The number of likely N-dealkylation sites (tertiary alicyclic amines) is 1. The average Bonchev–Trinajstić information content (AvgIpc) is 3.06. The third kappa shape index (κ3) is 4.85. The standard InChI is InChI=1S/C18H28ClN3O3S2/c1-13(2)21-10-7-14(8-11-21)22-9-3-4-15(27(22,24)25)12-20-18(23)16-5-6-17(19)26-16/h5-6,13-15H,3-4,7-12H2,1-2H3,(H,20,23). The molecule has 0 aliphatic carbocycles. The quantitative estimate of drug-likeness (QED) is 0.775. The first-order chi connectivity index (χ1) is 12.8. The highest BCUT2D eigenvalue weighted by molar-refractivity contribution is 7.89. The summed E-state index contributed by atoms with van der Waals surface area (Å²) in [7, 11) is -3.40. The lowest BCUT2D eigenvalue weighted by Gasteiger charge is -2.42. The summed E-state index contributed by atoms with van der Waals surface area (Å²) in [6.07, 6.45) is 3.19. The molecular weight excluding hydrogens is 406 g/mol. The topological polar surface area (TPSA) is 69.7 Å². The lowest BCUT2D eigenvalue weighted by Crippen LogP contribution is -2.55. The second-order valence-electron chi connectivity index (χ2n) is 7.59. The highest BCUT2D eigenvalue weighted by atomic mass is 35.5. The molecule has 6 nitrogen and oxygen atoms in total. The van der Waals surface area contributed by atoms with E-state index in [1.807, 2.05) is 0 Å². The van der Waals surface area contributed by atoms with Crippen LogP contribution in [0.3, 0.4) is 0 Å². The zero-order valence-electron chi connectivity index (χ0n) is 15.9. The van der Waals surface area contributed by atoms with Gasteiger partial charge in [-0.3, -0.25) is 4.79 Å². The number of rotatable bonds is 5. The molecule has 0 spiro atoms. The summed E-state index contributed by atoms with van der Waals surface area (Å²) in [5.74, 6) is -0.260. The smallest absolute Gasteiger partial charge is 0.261 e. The van der Waals surface area contributed by atoms with E-state index in [0.717, 1.165) is 32.4 Å². The predicted octanol–water partition coefficient (Wildman–Crippen LogP) is 2.80. The minimum absolute atomic E-state index is 0.0830. The molecule has 9 heteroatoms. The summed E-state index contributed by atoms with van der Waals surface area (Å²) in [4.78, 5) is 15.1. The molecule has 0 aromatic carbocycles. The van der Waals surface area contributed by atoms with Gasteiger partial charge in [-0.2, -0.15) is 4.31 Å². The first-order valence-corrected chi connectivity index (χ1v) is 12.3. The number of hydrogen-bond acceptors (Lipinski definition) is 5. The Morgan fingerprint density at radius 2 is 1.96 bits per heavy atom. The zero-order chi connectivity index (χ0) is 19.6. The Bertz CT molecular complexity index is 758. The Labute approximate surface area is 170 Å². The van der Waals surface area contributed by atoms with Gasteiger partial charge in [-0.05, 0) is 64.8 Å². The van der Waals surface area contributed by atoms with Crippen molar-refractivity contribution in [2.45, 2.75) is 56.9 Å². The van der Waals surface area contributed by atoms with E-state index in [1.54, 1.807) is 16.4 Å². The van der Waals surface area contributed by atoms with Crippen LogP contribution in [0.5, 0.6) is 0 Å². The monoisotopic (exact) mass is 433 g/mol. The van der Waals surface area contributed by atoms with Gasteiger partial charge in [0, 0.05) is 25.2 Å². The van der Waals surface area contributed by atoms with Crippen LogP contribution >= 0.6 is 22.9 Å². The van der Waals surface area contributed by atoms with Gasteiger partial charge in [0.2, 0.25) is 10.0 Å². The number of hydrogen-bond donors (Lipinski definition) is 1. The number of thiophene rings is 1. The Kier molecular flexibility index (Phi) is 6.84. The van der Waals surface area contributed by atoms with Crippen LogP contribution < -0.4 is 5.32 Å². The SMILES string of the molecule is CC(C)N1CCC(N2CCCC(CNC(=O)c3ccc(Cl)s3)S2(=O)=O)CC1. The molecule has 1 N–H and O–H groups in total. The van der Waals surface area contributed by atoms with Crippen molar-refractivity contribution >= 4 is 38.9 Å². The molecule has 0 saturated carbocycles. The van der Waals surface area contributed by atoms with Gasteiger partial charge in [0.25, 0.3) is 5.91 Å². The third-order valence-corrected chi connectivity index (χ3v) is 9.19. The second-order valence-corrected chi connectivity index (χ2v) is 11.5. The lowest BCUT2D eigenvalue weighted by atomic mass is 10.0. The van der Waals surface area contributed by atoms with E-state index in [1.165, 1.54) is 11.3 Å². The number of nitrogens with one attached hydrogen (secondary N) is 1. The highest BCUT2D eigenvalue weighted by Gasteiger charge is 2.40. The van der Waals surface area contributed by atoms with E-state index in [9.17, 15) is 13.2 Å². The number of nitrogens with zero attached hydrogens (tertiary/aromatic N) is 2. The number of carbonyl (C=O) groups excluding carboxylic acids is 1. The van der Waals surface area contributed by atoms with Crippen LogP contribution in [0.2, 0.25) is 4.34 Å². The van der Waals surface area contributed by atoms with Crippen molar-refractivity contribution in [1.29, 1.82) is 0 Å². The van der Waals surface area contributed by atoms with Crippen molar-refractivity contribution in [2.75, 3.05) is 26.2 Å². The molecule has 1 unspecified atom stereocenters. The fourth-order valence-corrected chi connectivity index (χ4v) is 7.07. The Hall–Kier alpha value is -0.670. The van der Waals surface area contributed by atoms with Gasteiger partial charge in [-0.15, -0.1) is 11.3 Å². The zero-order valence-corrected chi connectivity index (χ0v) is 18.2. The number of carbonyl (C=O) groups is 1. The van der Waals surface area contributed by atoms with Crippen molar-refractivity contribution in [3.63, 3.8) is 0 Å². The summed E-state index contributed by atoms with van der Waals surface area (Å²) in [6.45, 7) is 6.98. The van der Waals surface area contributed by atoms with Crippen LogP contribution in [-0.2, 0) is 10.0 Å². The fourth-order valence-electron chi connectivity index (χ4n) is 3.96. The van der Waals surface area contributed by atoms with Crippen molar-refractivity contribution in [3.8, 4) is 0 Å². The second kappa shape index (κ2) is 8.78. The number of amides is 1. The maximum absolute atomic E-state index is 13.1. The molecule has 27 heavy (non-hydrogen) atoms. The van der Waals surface area contributed by atoms with Crippen molar-refractivity contribution in [1.82, 2.24) is 14.5 Å². The Balaban J connectivity index is 1.60. The first-order valence-electron chi connectivity index (χ1n) is 9.57. The van der Waals surface area contributed by atoms with Gasteiger partial charge < -0.3 is 10.2 Å². The third-order valence-electron chi connectivity index (χ3n) is 5.58. The molecule has 152 valence electrons. The normalized spacial score (nSPS) is 25.0. The number of sulfonamides is 1. The van der Waals surface area contributed by atoms with Crippen LogP contribution in [0, 0.1) is 0 Å². The van der Waals surface area contributed by atoms with Gasteiger partial charge in [-0.1, -0.05) is 11.6 Å². The molecular formula is C18H28ClN3O3S2. The summed E-state index contributed by atoms with van der Waals surface area (Å²) in [6, 6.07) is 3.91. The maximum atomic E-state index is 13.1. The van der Waals surface area contributed by atoms with Crippen LogP contribution in [0.15, 0.2) is 12.1 Å². The Morgan fingerprint density at radius 3 is 2.56 bits per heavy atom. The number of halogens is 1. The maximum Gasteiger partial charge on any atom is 0.261 e. The van der Waals surface area contributed by atoms with Crippen LogP contribution in [0.4, 0.5) is 0 Å². The van der Waals surface area contributed by atoms with E-state index >= 15 is 0 Å². The van der Waals surface area contributed by atoms with Crippen molar-refractivity contribution in [2.24, 2.45) is 0 Å². The molecule has 2 saturated heterocycles. The summed E-state index contributed by atoms with van der Waals surface area (Å²) < 4.78 is 28.5. The summed E-state index contributed by atoms with van der Waals surface area (Å²) in [5, 5.41) is 2.23. The summed E-state index contributed by atoms with van der Waals surface area (Å²) in [5.41, 5.74) is 0. The molecule has 2 fully saturated rings. The van der Waals surface area contributed by atoms with Crippen LogP contribution in [-0.4, -0.2) is 67.0 Å². The van der Waals surface area contributed by atoms with E-state index in [4.69, 9.17) is 11.6 Å². The minimum Gasteiger partial charge on any atom is -0.350 e. The molecule has 0 radical (unpaired) electrons. The molecule has 2 aliphatic heterocycles. The molecule has 3 rings (SSSR count). The average molecular weight is 434 g/mol. The number of piperidine rings is 1. The lowest BCUT2D eigenvalue weighted by molar-refractivity contribution is 0.0956. The van der Waals surface area contributed by atoms with Gasteiger partial charge in [-0.25, -0.2) is 8.42 Å². The Morgan fingerprint density at radius 1 is 1.26 bits per heavy atom. The molecule has 1 amide bonds. The predicted molar refractivity (Wildman–Crippen MR) is 110 cm³/mol. The van der Waals surface area contributed by atoms with Gasteiger partial charge >= 0.3 is 0 Å². The van der Waals surface area contributed by atoms with Crippen LogP contribution in [0.1, 0.15) is 49.2 Å². The molecule has 1 aromatic heterocycles. The molecule has 1 atom stereocenters. The molecule has 2 aliphatic rings. The van der Waals surface area contributed by atoms with Crippen molar-refractivity contribution in [3.05, 3.63) is 21.3 Å². The minimum atomic E-state index is -3.40. The van der Waals surface area contributed by atoms with E-state index in [-0.39, 0.29) is 18.5 Å². The van der Waals surface area contributed by atoms with Gasteiger partial charge in [0.05, 0.1) is 14.5 Å². The van der Waals surface area contributed by atoms with Crippen molar-refractivity contribution < 1.29 is 13.2 Å².